The highest BCUT2D eigenvalue weighted by Gasteiger charge is 2.20. The van der Waals surface area contributed by atoms with Crippen molar-refractivity contribution in [2.24, 2.45) is 0 Å². The molecule has 0 aromatic heterocycles. The first-order valence-corrected chi connectivity index (χ1v) is 2.38. The van der Waals surface area contributed by atoms with Crippen molar-refractivity contribution in [2.45, 2.75) is 6.23 Å². The molecule has 2 N–H and O–H groups in total. The fourth-order valence-electron chi connectivity index (χ4n) is 0.584. The van der Waals surface area contributed by atoms with Crippen LogP contribution in [0.5, 0.6) is 0 Å². The fraction of sp³-hybridized carbons (Fsp3) is 0.750. The predicted molar refractivity (Wildman–Crippen MR) is 25.4 cm³/mol. The van der Waals surface area contributed by atoms with E-state index in [1.54, 1.807) is 0 Å². The maximum Gasteiger partial charge on any atom is 0.348 e. The first kappa shape index (κ1) is 5.53. The highest BCUT2D eigenvalue weighted by molar-refractivity contribution is 5.71. The van der Waals surface area contributed by atoms with Crippen molar-refractivity contribution in [3.8, 4) is 0 Å². The van der Waals surface area contributed by atoms with Gasteiger partial charge in [-0.15, -0.1) is 0 Å². The Morgan fingerprint density at radius 1 is 1.88 bits per heavy atom. The number of carboxylic acids is 1. The maximum atomic E-state index is 10.0. The predicted octanol–water partition coefficient (Wildman–Crippen LogP) is -0.983. The van der Waals surface area contributed by atoms with E-state index in [1.165, 1.54) is 0 Å². The van der Waals surface area contributed by atoms with Crippen molar-refractivity contribution in [2.75, 3.05) is 13.2 Å². The van der Waals surface area contributed by atoms with Crippen LogP contribution in [-0.4, -0.2) is 30.5 Å². The van der Waals surface area contributed by atoms with E-state index in [4.69, 9.17) is 9.84 Å². The lowest BCUT2D eigenvalue weighted by atomic mass is 10.6. The lowest BCUT2D eigenvalue weighted by Gasteiger charge is -1.99. The third kappa shape index (κ3) is 0.962. The second kappa shape index (κ2) is 2.11. The number of hydrogen-bond donors (Lipinski definition) is 2. The van der Waals surface area contributed by atoms with Crippen molar-refractivity contribution in [1.29, 1.82) is 0 Å². The molecule has 1 heterocycles. The molecule has 0 saturated carbocycles. The summed E-state index contributed by atoms with van der Waals surface area (Å²) in [7, 11) is 0. The number of rotatable bonds is 1. The monoisotopic (exact) mass is 117 g/mol. The molecule has 1 unspecified atom stereocenters. The topological polar surface area (TPSA) is 58.6 Å². The largest absolute Gasteiger partial charge is 0.478 e. The quantitative estimate of drug-likeness (QED) is 0.463. The summed E-state index contributed by atoms with van der Waals surface area (Å²) in [5.41, 5.74) is 0. The van der Waals surface area contributed by atoms with Crippen LogP contribution < -0.4 is 5.32 Å². The SMILES string of the molecule is O=C(O)C1NCCO1. The summed E-state index contributed by atoms with van der Waals surface area (Å²) < 4.78 is 4.70. The van der Waals surface area contributed by atoms with Gasteiger partial charge < -0.3 is 9.84 Å². The van der Waals surface area contributed by atoms with Gasteiger partial charge in [0.1, 0.15) is 0 Å². The number of nitrogens with one attached hydrogen (secondary N) is 1. The highest BCUT2D eigenvalue weighted by atomic mass is 16.5. The molecule has 1 atom stereocenters. The molecule has 1 fully saturated rings. The summed E-state index contributed by atoms with van der Waals surface area (Å²) in [5, 5.41) is 10.9. The number of hydrogen-bond acceptors (Lipinski definition) is 3. The van der Waals surface area contributed by atoms with Gasteiger partial charge >= 0.3 is 5.97 Å². The third-order valence-corrected chi connectivity index (χ3v) is 0.941. The minimum absolute atomic E-state index is 0.497. The molecule has 0 radical (unpaired) electrons. The van der Waals surface area contributed by atoms with Crippen molar-refractivity contribution < 1.29 is 14.6 Å². The van der Waals surface area contributed by atoms with Gasteiger partial charge in [0, 0.05) is 6.54 Å². The van der Waals surface area contributed by atoms with Crippen molar-refractivity contribution in [3.05, 3.63) is 0 Å². The van der Waals surface area contributed by atoms with Gasteiger partial charge in [-0.2, -0.15) is 0 Å². The minimum atomic E-state index is -0.942. The molecule has 46 valence electrons. The van der Waals surface area contributed by atoms with Crippen molar-refractivity contribution in [1.82, 2.24) is 5.32 Å². The molecular formula is C4H7NO3. The molecule has 1 saturated heterocycles. The zero-order chi connectivity index (χ0) is 5.98. The summed E-state index contributed by atoms with van der Waals surface area (Å²) in [6.45, 7) is 1.13. The number of aliphatic carboxylic acids is 1. The molecule has 4 nitrogen and oxygen atoms in total. The van der Waals surface area contributed by atoms with E-state index in [0.29, 0.717) is 13.2 Å². The second-order valence-corrected chi connectivity index (χ2v) is 1.54. The molecule has 0 spiro atoms. The van der Waals surface area contributed by atoms with E-state index in [9.17, 15) is 4.79 Å². The first-order valence-electron chi connectivity index (χ1n) is 2.38. The second-order valence-electron chi connectivity index (χ2n) is 1.54. The molecule has 1 aliphatic heterocycles. The lowest BCUT2D eigenvalue weighted by molar-refractivity contribution is -0.148. The molecule has 0 aromatic carbocycles. The van der Waals surface area contributed by atoms with Gasteiger partial charge in [0.25, 0.3) is 0 Å². The number of carboxylic acid groups (broad SMARTS) is 1. The van der Waals surface area contributed by atoms with Gasteiger partial charge in [-0.1, -0.05) is 0 Å². The Morgan fingerprint density at radius 3 is 2.88 bits per heavy atom. The molecular weight excluding hydrogens is 110 g/mol. The summed E-state index contributed by atoms with van der Waals surface area (Å²) in [5.74, 6) is -0.942. The maximum absolute atomic E-state index is 10.0. The Hall–Kier alpha value is -0.610. The Balaban J connectivity index is 2.35. The van der Waals surface area contributed by atoms with Crippen LogP contribution in [0.4, 0.5) is 0 Å². The van der Waals surface area contributed by atoms with E-state index in [2.05, 4.69) is 5.32 Å². The molecule has 0 bridgehead atoms. The van der Waals surface area contributed by atoms with Crippen LogP contribution in [0, 0.1) is 0 Å². The van der Waals surface area contributed by atoms with Gasteiger partial charge in [-0.25, -0.2) is 4.79 Å². The number of carbonyl (C=O) groups is 1. The highest BCUT2D eigenvalue weighted by Crippen LogP contribution is 1.92. The van der Waals surface area contributed by atoms with E-state index in [0.717, 1.165) is 0 Å². The van der Waals surface area contributed by atoms with E-state index < -0.39 is 12.2 Å². The summed E-state index contributed by atoms with van der Waals surface area (Å²) in [4.78, 5) is 10.0. The van der Waals surface area contributed by atoms with Crippen LogP contribution >= 0.6 is 0 Å². The molecule has 1 rings (SSSR count). The standard InChI is InChI=1S/C4H7NO3/c6-4(7)3-5-1-2-8-3/h3,5H,1-2H2,(H,6,7). The summed E-state index contributed by atoms with van der Waals surface area (Å²) in [6.07, 6.45) is -0.769. The van der Waals surface area contributed by atoms with E-state index >= 15 is 0 Å². The van der Waals surface area contributed by atoms with Gasteiger partial charge in [-0.05, 0) is 0 Å². The Kier molecular flexibility index (Phi) is 1.45. The number of ether oxygens (including phenoxy) is 1. The molecule has 4 heteroatoms. The van der Waals surface area contributed by atoms with Gasteiger partial charge in [-0.3, -0.25) is 5.32 Å². The Morgan fingerprint density at radius 2 is 2.62 bits per heavy atom. The molecule has 0 amide bonds. The van der Waals surface area contributed by atoms with Crippen LogP contribution in [0.15, 0.2) is 0 Å². The molecule has 8 heavy (non-hydrogen) atoms. The lowest BCUT2D eigenvalue weighted by Crippen LogP contribution is -2.31. The summed E-state index contributed by atoms with van der Waals surface area (Å²) >= 11 is 0. The van der Waals surface area contributed by atoms with Crippen molar-refractivity contribution >= 4 is 5.97 Å². The average molecular weight is 117 g/mol. The first-order chi connectivity index (χ1) is 3.80. The van der Waals surface area contributed by atoms with Crippen LogP contribution in [0.3, 0.4) is 0 Å². The van der Waals surface area contributed by atoms with Gasteiger partial charge in [0.05, 0.1) is 6.61 Å². The van der Waals surface area contributed by atoms with E-state index in [-0.39, 0.29) is 0 Å². The fourth-order valence-corrected chi connectivity index (χ4v) is 0.584. The van der Waals surface area contributed by atoms with E-state index in [1.807, 2.05) is 0 Å². The molecule has 1 aliphatic rings. The smallest absolute Gasteiger partial charge is 0.348 e. The third-order valence-electron chi connectivity index (χ3n) is 0.941. The zero-order valence-corrected chi connectivity index (χ0v) is 4.26. The van der Waals surface area contributed by atoms with Gasteiger partial charge in [0.15, 0.2) is 0 Å². The molecule has 0 aliphatic carbocycles. The average Bonchev–Trinajstić information content (AvgIpc) is 2.12. The molecule has 0 aromatic rings. The zero-order valence-electron chi connectivity index (χ0n) is 4.26. The van der Waals surface area contributed by atoms with Gasteiger partial charge in [0.2, 0.25) is 6.23 Å². The van der Waals surface area contributed by atoms with Crippen LogP contribution in [-0.2, 0) is 9.53 Å². The van der Waals surface area contributed by atoms with Crippen LogP contribution in [0.2, 0.25) is 0 Å². The minimum Gasteiger partial charge on any atom is -0.478 e. The Labute approximate surface area is 46.4 Å². The summed E-state index contributed by atoms with van der Waals surface area (Å²) in [6, 6.07) is 0. The normalized spacial score (nSPS) is 28.2. The van der Waals surface area contributed by atoms with Crippen LogP contribution in [0.25, 0.3) is 0 Å². The van der Waals surface area contributed by atoms with Crippen molar-refractivity contribution in [3.63, 3.8) is 0 Å². The van der Waals surface area contributed by atoms with Crippen LogP contribution in [0.1, 0.15) is 0 Å². The Bertz CT molecular complexity index is 97.5.